The van der Waals surface area contributed by atoms with Crippen molar-refractivity contribution in [2.45, 2.75) is 32.3 Å². The Balaban J connectivity index is 2.31. The Morgan fingerprint density at radius 2 is 1.94 bits per heavy atom. The predicted molar refractivity (Wildman–Crippen MR) is 73.3 cm³/mol. The van der Waals surface area contributed by atoms with Crippen molar-refractivity contribution in [3.8, 4) is 0 Å². The van der Waals surface area contributed by atoms with Gasteiger partial charge in [-0.3, -0.25) is 4.79 Å². The number of nitrogens with two attached hydrogens (primary N) is 1. The number of rotatable bonds is 6. The molecule has 0 aliphatic rings. The highest BCUT2D eigenvalue weighted by Gasteiger charge is 2.16. The molecular formula is C14H22N2O2. The van der Waals surface area contributed by atoms with Crippen LogP contribution in [0.2, 0.25) is 0 Å². The van der Waals surface area contributed by atoms with Gasteiger partial charge in [0.15, 0.2) is 0 Å². The van der Waals surface area contributed by atoms with E-state index in [4.69, 9.17) is 10.5 Å². The van der Waals surface area contributed by atoms with Gasteiger partial charge in [-0.15, -0.1) is 0 Å². The first-order valence-electron chi connectivity index (χ1n) is 6.09. The molecule has 1 aromatic rings. The fourth-order valence-corrected chi connectivity index (χ4v) is 1.41. The third-order valence-corrected chi connectivity index (χ3v) is 2.88. The van der Waals surface area contributed by atoms with Crippen LogP contribution in [-0.2, 0) is 16.0 Å². The van der Waals surface area contributed by atoms with Gasteiger partial charge in [0.25, 0.3) is 0 Å². The van der Waals surface area contributed by atoms with Crippen molar-refractivity contribution < 1.29 is 9.53 Å². The van der Waals surface area contributed by atoms with Crippen LogP contribution >= 0.6 is 0 Å². The summed E-state index contributed by atoms with van der Waals surface area (Å²) in [5.74, 6) is 0.0388. The van der Waals surface area contributed by atoms with Crippen LogP contribution in [0.4, 0.5) is 5.69 Å². The zero-order valence-corrected chi connectivity index (χ0v) is 11.3. The van der Waals surface area contributed by atoms with Crippen molar-refractivity contribution in [3.63, 3.8) is 0 Å². The highest BCUT2D eigenvalue weighted by Crippen LogP contribution is 2.08. The number of hydrogen-bond acceptors (Lipinski definition) is 3. The lowest BCUT2D eigenvalue weighted by Crippen LogP contribution is -2.39. The maximum atomic E-state index is 11.7. The highest BCUT2D eigenvalue weighted by atomic mass is 16.5. The van der Waals surface area contributed by atoms with Gasteiger partial charge in [-0.1, -0.05) is 12.1 Å². The largest absolute Gasteiger partial charge is 0.399 e. The Morgan fingerprint density at radius 1 is 1.33 bits per heavy atom. The fourth-order valence-electron chi connectivity index (χ4n) is 1.41. The summed E-state index contributed by atoms with van der Waals surface area (Å²) in [6.07, 6.45) is 1.20. The number of benzene rings is 1. The molecule has 4 heteroatoms. The highest BCUT2D eigenvalue weighted by molar-refractivity contribution is 5.76. The molecule has 0 spiro atoms. The lowest BCUT2D eigenvalue weighted by Gasteiger charge is -2.23. The molecule has 18 heavy (non-hydrogen) atoms. The van der Waals surface area contributed by atoms with Crippen LogP contribution < -0.4 is 11.1 Å². The molecule has 0 heterocycles. The van der Waals surface area contributed by atoms with E-state index in [1.54, 1.807) is 7.11 Å². The van der Waals surface area contributed by atoms with E-state index < -0.39 is 0 Å². The number of carbonyl (C=O) groups excluding carboxylic acids is 1. The van der Waals surface area contributed by atoms with E-state index >= 15 is 0 Å². The number of hydrogen-bond donors (Lipinski definition) is 2. The van der Waals surface area contributed by atoms with Crippen LogP contribution in [0, 0.1) is 0 Å². The average molecular weight is 250 g/mol. The minimum atomic E-state index is -0.323. The second-order valence-corrected chi connectivity index (χ2v) is 4.98. The van der Waals surface area contributed by atoms with Gasteiger partial charge in [-0.2, -0.15) is 0 Å². The van der Waals surface area contributed by atoms with Gasteiger partial charge in [0.05, 0.1) is 5.60 Å². The molecule has 1 rings (SSSR count). The Hall–Kier alpha value is -1.55. The Morgan fingerprint density at radius 3 is 2.50 bits per heavy atom. The monoisotopic (exact) mass is 250 g/mol. The summed E-state index contributed by atoms with van der Waals surface area (Å²) in [5, 5.41) is 2.87. The van der Waals surface area contributed by atoms with Gasteiger partial charge >= 0.3 is 0 Å². The quantitative estimate of drug-likeness (QED) is 0.756. The van der Waals surface area contributed by atoms with Crippen LogP contribution in [-0.4, -0.2) is 25.2 Å². The van der Waals surface area contributed by atoms with Gasteiger partial charge in [0.1, 0.15) is 0 Å². The SMILES string of the molecule is COC(C)(C)CNC(=O)CCc1ccc(N)cc1. The molecule has 100 valence electrons. The summed E-state index contributed by atoms with van der Waals surface area (Å²) in [4.78, 5) is 11.7. The third-order valence-electron chi connectivity index (χ3n) is 2.88. The Bertz CT molecular complexity index is 385. The number of anilines is 1. The van der Waals surface area contributed by atoms with E-state index in [-0.39, 0.29) is 11.5 Å². The van der Waals surface area contributed by atoms with Crippen molar-refractivity contribution in [1.29, 1.82) is 0 Å². The van der Waals surface area contributed by atoms with E-state index in [0.717, 1.165) is 17.7 Å². The van der Waals surface area contributed by atoms with Crippen LogP contribution in [0.15, 0.2) is 24.3 Å². The first-order chi connectivity index (χ1) is 8.43. The maximum Gasteiger partial charge on any atom is 0.220 e. The summed E-state index contributed by atoms with van der Waals surface area (Å²) in [5.41, 5.74) is 7.13. The third kappa shape index (κ3) is 5.19. The first-order valence-corrected chi connectivity index (χ1v) is 6.09. The van der Waals surface area contributed by atoms with Gasteiger partial charge in [0, 0.05) is 25.8 Å². The molecule has 1 amide bonds. The van der Waals surface area contributed by atoms with Gasteiger partial charge < -0.3 is 15.8 Å². The van der Waals surface area contributed by atoms with E-state index in [1.165, 1.54) is 0 Å². The van der Waals surface area contributed by atoms with Gasteiger partial charge in [-0.25, -0.2) is 0 Å². The van der Waals surface area contributed by atoms with E-state index in [2.05, 4.69) is 5.32 Å². The summed E-state index contributed by atoms with van der Waals surface area (Å²) in [6, 6.07) is 7.59. The second-order valence-electron chi connectivity index (χ2n) is 4.98. The minimum absolute atomic E-state index is 0.0388. The number of ether oxygens (including phenoxy) is 1. The number of nitrogens with one attached hydrogen (secondary N) is 1. The first kappa shape index (κ1) is 14.5. The Labute approximate surface area is 109 Å². The molecule has 3 N–H and O–H groups in total. The van der Waals surface area contributed by atoms with Crippen molar-refractivity contribution in [2.24, 2.45) is 0 Å². The number of aryl methyl sites for hydroxylation is 1. The molecule has 0 aromatic heterocycles. The van der Waals surface area contributed by atoms with Crippen LogP contribution in [0.1, 0.15) is 25.8 Å². The topological polar surface area (TPSA) is 64.3 Å². The molecule has 1 aromatic carbocycles. The Kier molecular flexibility index (Phi) is 5.16. The van der Waals surface area contributed by atoms with Crippen molar-refractivity contribution in [3.05, 3.63) is 29.8 Å². The van der Waals surface area contributed by atoms with Crippen molar-refractivity contribution >= 4 is 11.6 Å². The number of nitrogen functional groups attached to an aromatic ring is 1. The summed E-state index contributed by atoms with van der Waals surface area (Å²) >= 11 is 0. The molecule has 0 atom stereocenters. The van der Waals surface area contributed by atoms with Crippen molar-refractivity contribution in [1.82, 2.24) is 5.32 Å². The van der Waals surface area contributed by atoms with E-state index in [0.29, 0.717) is 13.0 Å². The van der Waals surface area contributed by atoms with E-state index in [9.17, 15) is 4.79 Å². The minimum Gasteiger partial charge on any atom is -0.399 e. The van der Waals surface area contributed by atoms with Gasteiger partial charge in [0.2, 0.25) is 5.91 Å². The molecule has 0 aliphatic heterocycles. The summed E-state index contributed by atoms with van der Waals surface area (Å²) < 4.78 is 5.24. The zero-order chi connectivity index (χ0) is 13.6. The average Bonchev–Trinajstić information content (AvgIpc) is 2.36. The lowest BCUT2D eigenvalue weighted by molar-refractivity contribution is -0.122. The van der Waals surface area contributed by atoms with Crippen molar-refractivity contribution in [2.75, 3.05) is 19.4 Å². The molecule has 0 radical (unpaired) electrons. The lowest BCUT2D eigenvalue weighted by atomic mass is 10.1. The molecule has 0 unspecified atom stereocenters. The molecule has 0 saturated heterocycles. The molecule has 0 saturated carbocycles. The van der Waals surface area contributed by atoms with Gasteiger partial charge in [-0.05, 0) is 38.0 Å². The fraction of sp³-hybridized carbons (Fsp3) is 0.500. The van der Waals surface area contributed by atoms with Crippen LogP contribution in [0.5, 0.6) is 0 Å². The molecule has 0 aliphatic carbocycles. The molecule has 0 fully saturated rings. The summed E-state index contributed by atoms with van der Waals surface area (Å²) in [6.45, 7) is 4.39. The normalized spacial score (nSPS) is 11.3. The summed E-state index contributed by atoms with van der Waals surface area (Å²) in [7, 11) is 1.64. The maximum absolute atomic E-state index is 11.7. The standard InChI is InChI=1S/C14H22N2O2/c1-14(2,18-3)10-16-13(17)9-6-11-4-7-12(15)8-5-11/h4-5,7-8H,6,9-10,15H2,1-3H3,(H,16,17). The van der Waals surface area contributed by atoms with Crippen LogP contribution in [0.25, 0.3) is 0 Å². The molecule has 4 nitrogen and oxygen atoms in total. The number of methoxy groups -OCH3 is 1. The van der Waals surface area contributed by atoms with Crippen LogP contribution in [0.3, 0.4) is 0 Å². The number of amides is 1. The molecule has 0 bridgehead atoms. The smallest absolute Gasteiger partial charge is 0.220 e. The molecular weight excluding hydrogens is 228 g/mol. The van der Waals surface area contributed by atoms with E-state index in [1.807, 2.05) is 38.1 Å². The zero-order valence-electron chi connectivity index (χ0n) is 11.3. The second kappa shape index (κ2) is 6.40. The number of carbonyl (C=O) groups is 1. The predicted octanol–water partition coefficient (Wildman–Crippen LogP) is 1.74.